The molecule has 1 atom stereocenters. The number of aromatic nitrogens is 1. The third-order valence-corrected chi connectivity index (χ3v) is 4.84. The first-order valence-corrected chi connectivity index (χ1v) is 7.96. The van der Waals surface area contributed by atoms with Crippen LogP contribution < -0.4 is 5.32 Å². The van der Waals surface area contributed by atoms with E-state index in [-0.39, 0.29) is 11.9 Å². The molecule has 0 saturated heterocycles. The van der Waals surface area contributed by atoms with Crippen LogP contribution in [0.4, 0.5) is 0 Å². The molecule has 2 aromatic rings. The molecule has 1 fully saturated rings. The van der Waals surface area contributed by atoms with Crippen LogP contribution in [-0.2, 0) is 10.2 Å². The number of rotatable bonds is 4. The summed E-state index contributed by atoms with van der Waals surface area (Å²) in [6, 6.07) is 11.5. The van der Waals surface area contributed by atoms with Gasteiger partial charge in [-0.05, 0) is 55.2 Å². The number of hydrogen-bond donors (Lipinski definition) is 1. The van der Waals surface area contributed by atoms with Crippen LogP contribution in [-0.4, -0.2) is 10.9 Å². The largest absolute Gasteiger partial charge is 0.349 e. The molecule has 4 heteroatoms. The third-order valence-electron chi connectivity index (χ3n) is 4.59. The molecule has 1 aromatic carbocycles. The zero-order valence-corrected chi connectivity index (χ0v) is 13.3. The first-order valence-electron chi connectivity index (χ1n) is 7.59. The van der Waals surface area contributed by atoms with Gasteiger partial charge >= 0.3 is 0 Å². The lowest BCUT2D eigenvalue weighted by atomic mass is 9.63. The summed E-state index contributed by atoms with van der Waals surface area (Å²) < 4.78 is 0. The van der Waals surface area contributed by atoms with E-state index in [0.717, 1.165) is 30.4 Å². The summed E-state index contributed by atoms with van der Waals surface area (Å²) in [5, 5.41) is 3.85. The van der Waals surface area contributed by atoms with Crippen LogP contribution in [0, 0.1) is 0 Å². The Kier molecular flexibility index (Phi) is 4.16. The standard InChI is InChI=1S/C18H19ClN2O/c1-13(14-7-11-20-12-8-14)21-17(22)18(9-2-10-18)15-3-5-16(19)6-4-15/h3-8,11-13H,2,9-10H2,1H3,(H,21,22). The van der Waals surface area contributed by atoms with E-state index in [4.69, 9.17) is 11.6 Å². The summed E-state index contributed by atoms with van der Waals surface area (Å²) in [6.45, 7) is 2.00. The highest BCUT2D eigenvalue weighted by molar-refractivity contribution is 6.30. The normalized spacial score (nSPS) is 17.4. The number of nitrogens with zero attached hydrogens (tertiary/aromatic N) is 1. The lowest BCUT2D eigenvalue weighted by Gasteiger charge is -2.41. The highest BCUT2D eigenvalue weighted by Crippen LogP contribution is 2.44. The van der Waals surface area contributed by atoms with E-state index in [9.17, 15) is 4.79 Å². The van der Waals surface area contributed by atoms with Crippen LogP contribution in [0.5, 0.6) is 0 Å². The van der Waals surface area contributed by atoms with Gasteiger partial charge in [-0.3, -0.25) is 9.78 Å². The number of carbonyl (C=O) groups excluding carboxylic acids is 1. The topological polar surface area (TPSA) is 42.0 Å². The molecule has 1 saturated carbocycles. The number of hydrogen-bond acceptors (Lipinski definition) is 2. The molecule has 1 aromatic heterocycles. The molecule has 3 rings (SSSR count). The number of halogens is 1. The lowest BCUT2D eigenvalue weighted by Crippen LogP contribution is -2.49. The van der Waals surface area contributed by atoms with Gasteiger partial charge in [0, 0.05) is 17.4 Å². The molecule has 0 spiro atoms. The number of amides is 1. The quantitative estimate of drug-likeness (QED) is 0.925. The molecule has 22 heavy (non-hydrogen) atoms. The maximum atomic E-state index is 12.9. The van der Waals surface area contributed by atoms with Gasteiger partial charge in [0.15, 0.2) is 0 Å². The Morgan fingerprint density at radius 3 is 2.36 bits per heavy atom. The molecule has 0 bridgehead atoms. The molecule has 1 aliphatic rings. The van der Waals surface area contributed by atoms with Crippen molar-refractivity contribution in [1.29, 1.82) is 0 Å². The van der Waals surface area contributed by atoms with Gasteiger partial charge < -0.3 is 5.32 Å². The zero-order chi connectivity index (χ0) is 15.6. The Labute approximate surface area is 135 Å². The first-order chi connectivity index (χ1) is 10.6. The molecule has 0 radical (unpaired) electrons. The van der Waals surface area contributed by atoms with E-state index in [1.165, 1.54) is 0 Å². The van der Waals surface area contributed by atoms with Gasteiger partial charge in [-0.25, -0.2) is 0 Å². The number of pyridine rings is 1. The predicted octanol–water partition coefficient (Wildman–Crippen LogP) is 4.03. The minimum Gasteiger partial charge on any atom is -0.349 e. The van der Waals surface area contributed by atoms with Crippen molar-refractivity contribution in [2.75, 3.05) is 0 Å². The maximum Gasteiger partial charge on any atom is 0.231 e. The van der Waals surface area contributed by atoms with E-state index in [2.05, 4.69) is 10.3 Å². The van der Waals surface area contributed by atoms with Crippen molar-refractivity contribution in [2.24, 2.45) is 0 Å². The van der Waals surface area contributed by atoms with Crippen LogP contribution in [0.1, 0.15) is 43.4 Å². The third kappa shape index (κ3) is 2.73. The second kappa shape index (κ2) is 6.09. The Morgan fingerprint density at radius 2 is 1.82 bits per heavy atom. The van der Waals surface area contributed by atoms with Crippen molar-refractivity contribution >= 4 is 17.5 Å². The molecule has 1 unspecified atom stereocenters. The van der Waals surface area contributed by atoms with E-state index in [1.807, 2.05) is 43.3 Å². The summed E-state index contributed by atoms with van der Waals surface area (Å²) in [4.78, 5) is 16.9. The van der Waals surface area contributed by atoms with Crippen molar-refractivity contribution in [3.8, 4) is 0 Å². The first kappa shape index (κ1) is 15.0. The smallest absolute Gasteiger partial charge is 0.231 e. The number of carbonyl (C=O) groups is 1. The maximum absolute atomic E-state index is 12.9. The lowest BCUT2D eigenvalue weighted by molar-refractivity contribution is -0.130. The van der Waals surface area contributed by atoms with E-state index >= 15 is 0 Å². The van der Waals surface area contributed by atoms with Gasteiger partial charge in [0.25, 0.3) is 0 Å². The van der Waals surface area contributed by atoms with Crippen molar-refractivity contribution in [3.05, 3.63) is 64.9 Å². The van der Waals surface area contributed by atoms with Crippen LogP contribution in [0.25, 0.3) is 0 Å². The van der Waals surface area contributed by atoms with E-state index in [0.29, 0.717) is 5.02 Å². The van der Waals surface area contributed by atoms with Gasteiger partial charge in [0.1, 0.15) is 0 Å². The molecule has 3 nitrogen and oxygen atoms in total. The summed E-state index contributed by atoms with van der Waals surface area (Å²) in [7, 11) is 0. The number of nitrogens with one attached hydrogen (secondary N) is 1. The van der Waals surface area contributed by atoms with Crippen molar-refractivity contribution in [2.45, 2.75) is 37.6 Å². The average molecular weight is 315 g/mol. The fourth-order valence-electron chi connectivity index (χ4n) is 3.02. The van der Waals surface area contributed by atoms with Gasteiger partial charge in [-0.1, -0.05) is 30.2 Å². The fourth-order valence-corrected chi connectivity index (χ4v) is 3.14. The van der Waals surface area contributed by atoms with E-state index < -0.39 is 5.41 Å². The van der Waals surface area contributed by atoms with E-state index in [1.54, 1.807) is 12.4 Å². The predicted molar refractivity (Wildman–Crippen MR) is 87.8 cm³/mol. The van der Waals surface area contributed by atoms with Gasteiger partial charge in [-0.15, -0.1) is 0 Å². The molecular formula is C18H19ClN2O. The van der Waals surface area contributed by atoms with Crippen LogP contribution in [0.15, 0.2) is 48.8 Å². The molecule has 1 aliphatic carbocycles. The minimum absolute atomic E-state index is 0.0275. The molecule has 1 N–H and O–H groups in total. The fraction of sp³-hybridized carbons (Fsp3) is 0.333. The molecule has 0 aliphatic heterocycles. The average Bonchev–Trinajstić information content (AvgIpc) is 2.49. The van der Waals surface area contributed by atoms with Gasteiger partial charge in [-0.2, -0.15) is 0 Å². The molecular weight excluding hydrogens is 296 g/mol. The second-order valence-corrected chi connectivity index (χ2v) is 6.35. The SMILES string of the molecule is CC(NC(=O)C1(c2ccc(Cl)cc2)CCC1)c1ccncc1. The molecule has 1 amide bonds. The Morgan fingerprint density at radius 1 is 1.18 bits per heavy atom. The monoisotopic (exact) mass is 314 g/mol. The Balaban J connectivity index is 1.79. The van der Waals surface area contributed by atoms with Crippen LogP contribution in [0.2, 0.25) is 5.02 Å². The summed E-state index contributed by atoms with van der Waals surface area (Å²) >= 11 is 5.96. The zero-order valence-electron chi connectivity index (χ0n) is 12.6. The van der Waals surface area contributed by atoms with Crippen molar-refractivity contribution in [1.82, 2.24) is 10.3 Å². The van der Waals surface area contributed by atoms with Crippen molar-refractivity contribution in [3.63, 3.8) is 0 Å². The summed E-state index contributed by atoms with van der Waals surface area (Å²) in [6.07, 6.45) is 6.36. The van der Waals surface area contributed by atoms with Crippen LogP contribution >= 0.6 is 11.6 Å². The molecule has 114 valence electrons. The molecule has 1 heterocycles. The Hall–Kier alpha value is -1.87. The number of benzene rings is 1. The Bertz CT molecular complexity index is 651. The second-order valence-electron chi connectivity index (χ2n) is 5.92. The van der Waals surface area contributed by atoms with Gasteiger partial charge in [0.2, 0.25) is 5.91 Å². The van der Waals surface area contributed by atoms with Crippen molar-refractivity contribution < 1.29 is 4.79 Å². The van der Waals surface area contributed by atoms with Gasteiger partial charge in [0.05, 0.1) is 11.5 Å². The minimum atomic E-state index is -0.397. The highest BCUT2D eigenvalue weighted by atomic mass is 35.5. The summed E-state index contributed by atoms with van der Waals surface area (Å²) in [5.74, 6) is 0.102. The highest BCUT2D eigenvalue weighted by Gasteiger charge is 2.45. The van der Waals surface area contributed by atoms with Crippen LogP contribution in [0.3, 0.4) is 0 Å². The summed E-state index contributed by atoms with van der Waals surface area (Å²) in [5.41, 5.74) is 1.72.